The quantitative estimate of drug-likeness (QED) is 0.529. The molecule has 152 valence electrons. The summed E-state index contributed by atoms with van der Waals surface area (Å²) in [5, 5.41) is 6.40. The Hall–Kier alpha value is -2.16. The molecule has 27 heavy (non-hydrogen) atoms. The fraction of sp³-hybridized carbons (Fsp3) is 0.611. The summed E-state index contributed by atoms with van der Waals surface area (Å²) in [6.45, 7) is 3.14. The third-order valence-electron chi connectivity index (χ3n) is 3.90. The molecule has 0 saturated carbocycles. The first-order valence-corrected chi connectivity index (χ1v) is 8.91. The van der Waals surface area contributed by atoms with Gasteiger partial charge in [0, 0.05) is 19.7 Å². The van der Waals surface area contributed by atoms with E-state index in [1.807, 2.05) is 6.92 Å². The Morgan fingerprint density at radius 2 is 2.11 bits per heavy atom. The standard InChI is InChI=1S/C18H26F3N3O3/c1-3-22-17(24-11-14-5-4-8-26-14)23-10-13-6-7-15(16(9-13)25-2)27-12-18(19,20)21/h6-7,9,14H,3-5,8,10-12H2,1-2H3,(H2,22,23,24). The van der Waals surface area contributed by atoms with E-state index < -0.39 is 12.8 Å². The van der Waals surface area contributed by atoms with Gasteiger partial charge in [-0.25, -0.2) is 4.99 Å². The van der Waals surface area contributed by atoms with E-state index >= 15 is 0 Å². The molecule has 1 aromatic rings. The molecule has 1 aliphatic rings. The number of nitrogens with zero attached hydrogens (tertiary/aromatic N) is 1. The summed E-state index contributed by atoms with van der Waals surface area (Å²) < 4.78 is 52.4. The fourth-order valence-corrected chi connectivity index (χ4v) is 2.62. The number of aliphatic imine (C=N–C) groups is 1. The molecule has 6 nitrogen and oxygen atoms in total. The normalized spacial score (nSPS) is 17.7. The highest BCUT2D eigenvalue weighted by Gasteiger charge is 2.29. The summed E-state index contributed by atoms with van der Waals surface area (Å²) in [4.78, 5) is 4.50. The Morgan fingerprint density at radius 3 is 2.74 bits per heavy atom. The van der Waals surface area contributed by atoms with Gasteiger partial charge in [0.25, 0.3) is 0 Å². The van der Waals surface area contributed by atoms with Crippen molar-refractivity contribution in [1.82, 2.24) is 10.6 Å². The van der Waals surface area contributed by atoms with Gasteiger partial charge in [-0.05, 0) is 37.5 Å². The van der Waals surface area contributed by atoms with Crippen LogP contribution < -0.4 is 20.1 Å². The first kappa shape index (κ1) is 21.1. The highest BCUT2D eigenvalue weighted by Crippen LogP contribution is 2.30. The first-order valence-electron chi connectivity index (χ1n) is 8.91. The second kappa shape index (κ2) is 10.2. The molecule has 1 heterocycles. The maximum absolute atomic E-state index is 12.3. The topological polar surface area (TPSA) is 64.1 Å². The third kappa shape index (κ3) is 7.54. The molecule has 0 amide bonds. The van der Waals surface area contributed by atoms with Crippen molar-refractivity contribution >= 4 is 5.96 Å². The van der Waals surface area contributed by atoms with E-state index in [2.05, 4.69) is 15.6 Å². The highest BCUT2D eigenvalue weighted by molar-refractivity contribution is 5.79. The van der Waals surface area contributed by atoms with Crippen LogP contribution >= 0.6 is 0 Å². The highest BCUT2D eigenvalue weighted by atomic mass is 19.4. The van der Waals surface area contributed by atoms with E-state index in [9.17, 15) is 13.2 Å². The lowest BCUT2D eigenvalue weighted by Crippen LogP contribution is -2.41. The Labute approximate surface area is 157 Å². The van der Waals surface area contributed by atoms with Crippen LogP contribution in [-0.2, 0) is 11.3 Å². The monoisotopic (exact) mass is 389 g/mol. The molecule has 0 spiro atoms. The van der Waals surface area contributed by atoms with Crippen molar-refractivity contribution in [3.8, 4) is 11.5 Å². The van der Waals surface area contributed by atoms with Crippen molar-refractivity contribution in [3.05, 3.63) is 23.8 Å². The minimum Gasteiger partial charge on any atom is -0.493 e. The molecular formula is C18H26F3N3O3. The average molecular weight is 389 g/mol. The van der Waals surface area contributed by atoms with Gasteiger partial charge in [-0.15, -0.1) is 0 Å². The Kier molecular flexibility index (Phi) is 8.02. The van der Waals surface area contributed by atoms with Crippen LogP contribution in [0.3, 0.4) is 0 Å². The smallest absolute Gasteiger partial charge is 0.422 e. The summed E-state index contributed by atoms with van der Waals surface area (Å²) in [5.41, 5.74) is 0.792. The zero-order valence-corrected chi connectivity index (χ0v) is 15.6. The van der Waals surface area contributed by atoms with Gasteiger partial charge in [0.1, 0.15) is 0 Å². The van der Waals surface area contributed by atoms with Gasteiger partial charge in [-0.3, -0.25) is 0 Å². The SMILES string of the molecule is CCNC(=NCc1ccc(OCC(F)(F)F)c(OC)c1)NCC1CCCO1. The van der Waals surface area contributed by atoms with Gasteiger partial charge in [0.05, 0.1) is 19.8 Å². The number of halogens is 3. The Bertz CT molecular complexity index is 618. The molecule has 1 saturated heterocycles. The lowest BCUT2D eigenvalue weighted by atomic mass is 10.2. The third-order valence-corrected chi connectivity index (χ3v) is 3.90. The van der Waals surface area contributed by atoms with Crippen molar-refractivity contribution < 1.29 is 27.4 Å². The predicted octanol–water partition coefficient (Wildman–Crippen LogP) is 2.87. The van der Waals surface area contributed by atoms with Crippen LogP contribution in [0.2, 0.25) is 0 Å². The van der Waals surface area contributed by atoms with Crippen LogP contribution in [-0.4, -0.2) is 51.7 Å². The van der Waals surface area contributed by atoms with Gasteiger partial charge >= 0.3 is 6.18 Å². The number of hydrogen-bond donors (Lipinski definition) is 2. The molecule has 1 unspecified atom stereocenters. The summed E-state index contributed by atoms with van der Waals surface area (Å²) in [5.74, 6) is 0.944. The molecule has 1 atom stereocenters. The molecule has 2 rings (SSSR count). The number of hydrogen-bond acceptors (Lipinski definition) is 4. The van der Waals surface area contributed by atoms with Gasteiger partial charge in [0.2, 0.25) is 0 Å². The summed E-state index contributed by atoms with van der Waals surface area (Å²) in [7, 11) is 1.38. The van der Waals surface area contributed by atoms with Crippen molar-refractivity contribution in [2.45, 2.75) is 38.6 Å². The fourth-order valence-electron chi connectivity index (χ4n) is 2.62. The number of guanidine groups is 1. The second-order valence-corrected chi connectivity index (χ2v) is 6.10. The van der Waals surface area contributed by atoms with E-state index in [1.54, 1.807) is 12.1 Å². The average Bonchev–Trinajstić information content (AvgIpc) is 3.15. The molecule has 1 fully saturated rings. The van der Waals surface area contributed by atoms with Crippen molar-refractivity contribution in [1.29, 1.82) is 0 Å². The summed E-state index contributed by atoms with van der Waals surface area (Å²) >= 11 is 0. The molecule has 2 N–H and O–H groups in total. The predicted molar refractivity (Wildman–Crippen MR) is 96.3 cm³/mol. The summed E-state index contributed by atoms with van der Waals surface area (Å²) in [6.07, 6.45) is -2.10. The molecule has 0 bridgehead atoms. The molecule has 0 aliphatic carbocycles. The first-order chi connectivity index (χ1) is 12.9. The van der Waals surface area contributed by atoms with E-state index in [-0.39, 0.29) is 17.6 Å². The second-order valence-electron chi connectivity index (χ2n) is 6.10. The van der Waals surface area contributed by atoms with E-state index in [1.165, 1.54) is 13.2 Å². The molecule has 0 aromatic heterocycles. The number of methoxy groups -OCH3 is 1. The van der Waals surface area contributed by atoms with Crippen LogP contribution in [0.15, 0.2) is 23.2 Å². The number of benzene rings is 1. The minimum atomic E-state index is -4.40. The van der Waals surface area contributed by atoms with Crippen LogP contribution in [0.25, 0.3) is 0 Å². The maximum atomic E-state index is 12.3. The number of rotatable bonds is 8. The lowest BCUT2D eigenvalue weighted by molar-refractivity contribution is -0.153. The number of ether oxygens (including phenoxy) is 3. The van der Waals surface area contributed by atoms with Gasteiger partial charge in [0.15, 0.2) is 24.1 Å². The van der Waals surface area contributed by atoms with Gasteiger partial charge in [-0.1, -0.05) is 6.07 Å². The minimum absolute atomic E-state index is 0.0472. The van der Waals surface area contributed by atoms with Crippen LogP contribution in [0.5, 0.6) is 11.5 Å². The molecular weight excluding hydrogens is 363 g/mol. The Balaban J connectivity index is 1.97. The van der Waals surface area contributed by atoms with E-state index in [0.29, 0.717) is 25.6 Å². The van der Waals surface area contributed by atoms with Crippen molar-refractivity contribution in [2.24, 2.45) is 4.99 Å². The van der Waals surface area contributed by atoms with Crippen molar-refractivity contribution in [2.75, 3.05) is 33.4 Å². The van der Waals surface area contributed by atoms with Crippen LogP contribution in [0, 0.1) is 0 Å². The lowest BCUT2D eigenvalue weighted by Gasteiger charge is -2.15. The molecule has 1 aromatic carbocycles. The molecule has 0 radical (unpaired) electrons. The van der Waals surface area contributed by atoms with Crippen molar-refractivity contribution in [3.63, 3.8) is 0 Å². The van der Waals surface area contributed by atoms with Gasteiger partial charge in [-0.2, -0.15) is 13.2 Å². The van der Waals surface area contributed by atoms with E-state index in [4.69, 9.17) is 14.2 Å². The zero-order valence-electron chi connectivity index (χ0n) is 15.6. The van der Waals surface area contributed by atoms with Crippen LogP contribution in [0.4, 0.5) is 13.2 Å². The molecule has 1 aliphatic heterocycles. The van der Waals surface area contributed by atoms with E-state index in [0.717, 1.165) is 25.0 Å². The number of alkyl halides is 3. The zero-order chi connectivity index (χ0) is 19.7. The van der Waals surface area contributed by atoms with Crippen LogP contribution in [0.1, 0.15) is 25.3 Å². The largest absolute Gasteiger partial charge is 0.493 e. The summed E-state index contributed by atoms with van der Waals surface area (Å²) in [6, 6.07) is 4.75. The maximum Gasteiger partial charge on any atom is 0.422 e. The van der Waals surface area contributed by atoms with Gasteiger partial charge < -0.3 is 24.8 Å². The number of nitrogens with one attached hydrogen (secondary N) is 2. The Morgan fingerprint density at radius 1 is 1.30 bits per heavy atom. The molecule has 9 heteroatoms.